The summed E-state index contributed by atoms with van der Waals surface area (Å²) < 4.78 is 17.7. The molecule has 78 valence electrons. The number of hydrogen-bond acceptors (Lipinski definition) is 3. The Balaban J connectivity index is 2.93. The number of nitrogens with one attached hydrogen (secondary N) is 1. The van der Waals surface area contributed by atoms with Crippen LogP contribution in [0.15, 0.2) is 18.2 Å². The molecule has 0 atom stereocenters. The fourth-order valence-electron chi connectivity index (χ4n) is 1.27. The van der Waals surface area contributed by atoms with Crippen LogP contribution in [0.3, 0.4) is 0 Å². The van der Waals surface area contributed by atoms with Crippen LogP contribution in [0.2, 0.25) is 0 Å². The molecule has 0 saturated heterocycles. The van der Waals surface area contributed by atoms with E-state index in [1.54, 1.807) is 25.3 Å². The fourth-order valence-corrected chi connectivity index (χ4v) is 1.27. The van der Waals surface area contributed by atoms with Crippen molar-refractivity contribution in [2.45, 2.75) is 13.2 Å². The Morgan fingerprint density at radius 3 is 2.71 bits per heavy atom. The molecule has 0 amide bonds. The van der Waals surface area contributed by atoms with Gasteiger partial charge in [0.1, 0.15) is 12.4 Å². The van der Waals surface area contributed by atoms with Crippen molar-refractivity contribution in [2.24, 2.45) is 0 Å². The highest BCUT2D eigenvalue weighted by atomic mass is 19.1. The maximum atomic E-state index is 12.6. The summed E-state index contributed by atoms with van der Waals surface area (Å²) in [7, 11) is 3.08. The number of hydrogen-bond donors (Lipinski definition) is 1. The number of alkyl halides is 1. The molecule has 0 fully saturated rings. The van der Waals surface area contributed by atoms with Crippen molar-refractivity contribution >= 4 is 0 Å². The van der Waals surface area contributed by atoms with E-state index in [0.29, 0.717) is 17.9 Å². The van der Waals surface area contributed by atoms with Gasteiger partial charge in [-0.25, -0.2) is 4.39 Å². The Bertz CT molecular complexity index is 269. The molecular formula is C10H14FNO2. The van der Waals surface area contributed by atoms with Crippen molar-refractivity contribution in [3.05, 3.63) is 29.3 Å². The van der Waals surface area contributed by atoms with Gasteiger partial charge in [0, 0.05) is 5.56 Å². The third kappa shape index (κ3) is 2.43. The number of hydroxylamine groups is 1. The van der Waals surface area contributed by atoms with E-state index in [1.165, 1.54) is 7.11 Å². The molecule has 0 aromatic heterocycles. The van der Waals surface area contributed by atoms with Gasteiger partial charge in [-0.05, 0) is 11.6 Å². The number of benzene rings is 1. The van der Waals surface area contributed by atoms with E-state index in [9.17, 15) is 4.39 Å². The van der Waals surface area contributed by atoms with Crippen LogP contribution in [0.5, 0.6) is 5.75 Å². The molecule has 1 rings (SSSR count). The third-order valence-electron chi connectivity index (χ3n) is 1.99. The SMILES string of the molecule is CONCc1c(CF)cccc1OC. The molecule has 0 aliphatic heterocycles. The molecule has 1 aromatic carbocycles. The number of halogens is 1. The normalized spacial score (nSPS) is 10.2. The smallest absolute Gasteiger partial charge is 0.123 e. The first-order valence-electron chi connectivity index (χ1n) is 4.30. The van der Waals surface area contributed by atoms with Gasteiger partial charge in [-0.15, -0.1) is 0 Å². The average molecular weight is 199 g/mol. The minimum Gasteiger partial charge on any atom is -0.496 e. The zero-order chi connectivity index (χ0) is 10.4. The van der Waals surface area contributed by atoms with Crippen LogP contribution >= 0.6 is 0 Å². The lowest BCUT2D eigenvalue weighted by Gasteiger charge is -2.11. The van der Waals surface area contributed by atoms with Crippen LogP contribution in [0, 0.1) is 0 Å². The van der Waals surface area contributed by atoms with Gasteiger partial charge < -0.3 is 9.57 Å². The Labute approximate surface area is 82.8 Å². The van der Waals surface area contributed by atoms with E-state index in [1.807, 2.05) is 0 Å². The minimum absolute atomic E-state index is 0.430. The lowest BCUT2D eigenvalue weighted by molar-refractivity contribution is 0.0858. The minimum atomic E-state index is -0.502. The highest BCUT2D eigenvalue weighted by Gasteiger charge is 2.07. The van der Waals surface area contributed by atoms with Crippen LogP contribution in [0.4, 0.5) is 4.39 Å². The van der Waals surface area contributed by atoms with E-state index >= 15 is 0 Å². The molecule has 0 aliphatic rings. The number of methoxy groups -OCH3 is 1. The van der Waals surface area contributed by atoms with Crippen molar-refractivity contribution in [3.8, 4) is 5.75 Å². The summed E-state index contributed by atoms with van der Waals surface area (Å²) in [5.74, 6) is 0.671. The Hall–Kier alpha value is -1.13. The van der Waals surface area contributed by atoms with Gasteiger partial charge in [0.05, 0.1) is 20.8 Å². The second kappa shape index (κ2) is 5.57. The zero-order valence-corrected chi connectivity index (χ0v) is 8.34. The maximum Gasteiger partial charge on any atom is 0.123 e. The van der Waals surface area contributed by atoms with E-state index in [2.05, 4.69) is 5.48 Å². The first kappa shape index (κ1) is 10.9. The molecule has 0 heterocycles. The maximum absolute atomic E-state index is 12.6. The van der Waals surface area contributed by atoms with E-state index in [-0.39, 0.29) is 0 Å². The molecule has 3 nitrogen and oxygen atoms in total. The highest BCUT2D eigenvalue weighted by Crippen LogP contribution is 2.22. The third-order valence-corrected chi connectivity index (χ3v) is 1.99. The lowest BCUT2D eigenvalue weighted by Crippen LogP contribution is -2.13. The molecule has 1 aromatic rings. The molecule has 0 bridgehead atoms. The standard InChI is InChI=1S/C10H14FNO2/c1-13-10-5-3-4-8(6-11)9(10)7-12-14-2/h3-5,12H,6-7H2,1-2H3. The highest BCUT2D eigenvalue weighted by molar-refractivity contribution is 5.39. The lowest BCUT2D eigenvalue weighted by atomic mass is 10.1. The second-order valence-corrected chi connectivity index (χ2v) is 2.76. The fraction of sp³-hybridized carbons (Fsp3) is 0.400. The first-order chi connectivity index (χ1) is 6.83. The van der Waals surface area contributed by atoms with Crippen molar-refractivity contribution in [2.75, 3.05) is 14.2 Å². The first-order valence-corrected chi connectivity index (χ1v) is 4.30. The molecule has 0 saturated carbocycles. The topological polar surface area (TPSA) is 30.5 Å². The molecule has 14 heavy (non-hydrogen) atoms. The Morgan fingerprint density at radius 2 is 2.14 bits per heavy atom. The second-order valence-electron chi connectivity index (χ2n) is 2.76. The average Bonchev–Trinajstić information content (AvgIpc) is 2.25. The summed E-state index contributed by atoms with van der Waals surface area (Å²) in [6, 6.07) is 5.30. The van der Waals surface area contributed by atoms with Crippen molar-refractivity contribution in [1.82, 2.24) is 5.48 Å². The Morgan fingerprint density at radius 1 is 1.36 bits per heavy atom. The summed E-state index contributed by atoms with van der Waals surface area (Å²) in [4.78, 5) is 4.72. The van der Waals surface area contributed by atoms with Crippen molar-refractivity contribution in [1.29, 1.82) is 0 Å². The van der Waals surface area contributed by atoms with Gasteiger partial charge in [-0.3, -0.25) is 0 Å². The molecule has 1 N–H and O–H groups in total. The molecule has 0 aliphatic carbocycles. The molecule has 0 radical (unpaired) electrons. The molecule has 4 heteroatoms. The predicted octanol–water partition coefficient (Wildman–Crippen LogP) is 1.82. The zero-order valence-electron chi connectivity index (χ0n) is 8.34. The van der Waals surface area contributed by atoms with Crippen LogP contribution in [0.1, 0.15) is 11.1 Å². The van der Waals surface area contributed by atoms with E-state index in [4.69, 9.17) is 9.57 Å². The van der Waals surface area contributed by atoms with Crippen LogP contribution < -0.4 is 10.2 Å². The number of rotatable bonds is 5. The van der Waals surface area contributed by atoms with Crippen LogP contribution in [-0.4, -0.2) is 14.2 Å². The van der Waals surface area contributed by atoms with Crippen LogP contribution in [0.25, 0.3) is 0 Å². The van der Waals surface area contributed by atoms with Crippen LogP contribution in [-0.2, 0) is 18.1 Å². The summed E-state index contributed by atoms with van der Waals surface area (Å²) >= 11 is 0. The molecule has 0 unspecified atom stereocenters. The van der Waals surface area contributed by atoms with Gasteiger partial charge in [0.2, 0.25) is 0 Å². The van der Waals surface area contributed by atoms with Gasteiger partial charge in [0.15, 0.2) is 0 Å². The van der Waals surface area contributed by atoms with Gasteiger partial charge in [-0.2, -0.15) is 5.48 Å². The predicted molar refractivity (Wildman–Crippen MR) is 51.7 cm³/mol. The Kier molecular flexibility index (Phi) is 4.35. The monoisotopic (exact) mass is 199 g/mol. The van der Waals surface area contributed by atoms with E-state index < -0.39 is 6.67 Å². The van der Waals surface area contributed by atoms with Gasteiger partial charge in [0.25, 0.3) is 0 Å². The summed E-state index contributed by atoms with van der Waals surface area (Å²) in [5.41, 5.74) is 4.08. The van der Waals surface area contributed by atoms with Gasteiger partial charge in [-0.1, -0.05) is 12.1 Å². The molecule has 0 spiro atoms. The summed E-state index contributed by atoms with van der Waals surface area (Å²) in [6.07, 6.45) is 0. The van der Waals surface area contributed by atoms with Crippen molar-refractivity contribution < 1.29 is 14.0 Å². The quantitative estimate of drug-likeness (QED) is 0.734. The van der Waals surface area contributed by atoms with Gasteiger partial charge >= 0.3 is 0 Å². The summed E-state index contributed by atoms with van der Waals surface area (Å²) in [6.45, 7) is -0.0717. The molecular weight excluding hydrogens is 185 g/mol. The summed E-state index contributed by atoms with van der Waals surface area (Å²) in [5, 5.41) is 0. The van der Waals surface area contributed by atoms with Crippen molar-refractivity contribution in [3.63, 3.8) is 0 Å². The number of ether oxygens (including phenoxy) is 1. The van der Waals surface area contributed by atoms with E-state index in [0.717, 1.165) is 5.56 Å². The largest absolute Gasteiger partial charge is 0.496 e.